The summed E-state index contributed by atoms with van der Waals surface area (Å²) in [5.74, 6) is 0.340. The van der Waals surface area contributed by atoms with E-state index in [0.29, 0.717) is 11.5 Å². The van der Waals surface area contributed by atoms with Crippen LogP contribution in [0.3, 0.4) is 0 Å². The summed E-state index contributed by atoms with van der Waals surface area (Å²) in [6.07, 6.45) is 4.11. The molecular weight excluding hydrogens is 314 g/mol. The molecule has 0 bridgehead atoms. The van der Waals surface area contributed by atoms with Gasteiger partial charge in [-0.25, -0.2) is 9.97 Å². The van der Waals surface area contributed by atoms with Gasteiger partial charge in [0.2, 0.25) is 5.95 Å². The van der Waals surface area contributed by atoms with Crippen molar-refractivity contribution in [2.75, 3.05) is 37.8 Å². The van der Waals surface area contributed by atoms with Crippen LogP contribution in [0.2, 0.25) is 0 Å². The van der Waals surface area contributed by atoms with Gasteiger partial charge in [-0.2, -0.15) is 0 Å². The van der Waals surface area contributed by atoms with Crippen LogP contribution >= 0.6 is 0 Å². The van der Waals surface area contributed by atoms with E-state index in [1.54, 1.807) is 12.4 Å². The summed E-state index contributed by atoms with van der Waals surface area (Å²) in [5, 5.41) is 6.12. The first-order valence-corrected chi connectivity index (χ1v) is 8.46. The molecule has 1 amide bonds. The second-order valence-corrected chi connectivity index (χ2v) is 6.61. The molecule has 1 aromatic heterocycles. The van der Waals surface area contributed by atoms with Crippen molar-refractivity contribution < 1.29 is 4.79 Å². The minimum atomic E-state index is -0.200. The van der Waals surface area contributed by atoms with E-state index in [1.165, 1.54) is 5.56 Å². The van der Waals surface area contributed by atoms with E-state index in [9.17, 15) is 4.79 Å². The Hall–Kier alpha value is -2.47. The number of benzene rings is 1. The number of hydrogen-bond donors (Lipinski definition) is 2. The lowest BCUT2D eigenvalue weighted by molar-refractivity contribution is 0.102. The van der Waals surface area contributed by atoms with Gasteiger partial charge in [-0.05, 0) is 59.0 Å². The lowest BCUT2D eigenvalue weighted by Gasteiger charge is -2.13. The largest absolute Gasteiger partial charge is 0.354 e. The fourth-order valence-corrected chi connectivity index (χ4v) is 2.69. The molecule has 0 saturated heterocycles. The first kappa shape index (κ1) is 18.9. The first-order chi connectivity index (χ1) is 11.9. The van der Waals surface area contributed by atoms with Crippen LogP contribution in [0.15, 0.2) is 24.5 Å². The molecule has 1 aromatic carbocycles. The molecule has 2 rings (SSSR count). The van der Waals surface area contributed by atoms with E-state index in [-0.39, 0.29) is 5.91 Å². The lowest BCUT2D eigenvalue weighted by Crippen LogP contribution is -2.17. The number of carbonyl (C=O) groups is 1. The molecule has 0 unspecified atom stereocenters. The maximum atomic E-state index is 12.4. The normalized spacial score (nSPS) is 10.8. The van der Waals surface area contributed by atoms with E-state index in [0.717, 1.165) is 36.3 Å². The van der Waals surface area contributed by atoms with E-state index in [2.05, 4.69) is 37.6 Å². The third-order valence-corrected chi connectivity index (χ3v) is 3.89. The van der Waals surface area contributed by atoms with Crippen LogP contribution in [0.4, 0.5) is 11.6 Å². The van der Waals surface area contributed by atoms with Gasteiger partial charge in [0.05, 0.1) is 5.56 Å². The van der Waals surface area contributed by atoms with E-state index < -0.39 is 0 Å². The molecule has 2 aromatic rings. The fraction of sp³-hybridized carbons (Fsp3) is 0.421. The Morgan fingerprint density at radius 2 is 1.68 bits per heavy atom. The Kier molecular flexibility index (Phi) is 6.47. The zero-order chi connectivity index (χ0) is 18.4. The van der Waals surface area contributed by atoms with Gasteiger partial charge in [-0.15, -0.1) is 0 Å². The standard InChI is InChI=1S/C19H27N5O/c1-13-9-14(2)17(15(3)10-13)23-18(25)16-11-21-19(22-12-16)20-7-6-8-24(4)5/h9-12H,6-8H2,1-5H3,(H,23,25)(H,20,21,22). The van der Waals surface area contributed by atoms with Crippen LogP contribution in [0, 0.1) is 20.8 Å². The predicted octanol–water partition coefficient (Wildman–Crippen LogP) is 3.02. The highest BCUT2D eigenvalue weighted by Gasteiger charge is 2.11. The topological polar surface area (TPSA) is 70.2 Å². The molecule has 6 nitrogen and oxygen atoms in total. The Morgan fingerprint density at radius 1 is 1.08 bits per heavy atom. The molecule has 0 aliphatic heterocycles. The van der Waals surface area contributed by atoms with Gasteiger partial charge in [0, 0.05) is 24.6 Å². The summed E-state index contributed by atoms with van der Waals surface area (Å²) in [4.78, 5) is 23.0. The summed E-state index contributed by atoms with van der Waals surface area (Å²) in [5.41, 5.74) is 4.57. The SMILES string of the molecule is Cc1cc(C)c(NC(=O)c2cnc(NCCCN(C)C)nc2)c(C)c1. The maximum absolute atomic E-state index is 12.4. The number of nitrogens with one attached hydrogen (secondary N) is 2. The molecule has 0 aliphatic carbocycles. The Balaban J connectivity index is 1.97. The summed E-state index contributed by atoms with van der Waals surface area (Å²) >= 11 is 0. The second-order valence-electron chi connectivity index (χ2n) is 6.61. The molecule has 1 heterocycles. The van der Waals surface area contributed by atoms with Crippen molar-refractivity contribution in [1.29, 1.82) is 0 Å². The van der Waals surface area contributed by atoms with Crippen LogP contribution in [0.5, 0.6) is 0 Å². The third-order valence-electron chi connectivity index (χ3n) is 3.89. The maximum Gasteiger partial charge on any atom is 0.258 e. The summed E-state index contributed by atoms with van der Waals surface area (Å²) in [7, 11) is 4.09. The predicted molar refractivity (Wildman–Crippen MR) is 102 cm³/mol. The Bertz CT molecular complexity index is 702. The van der Waals surface area contributed by atoms with Crippen LogP contribution < -0.4 is 10.6 Å². The monoisotopic (exact) mass is 341 g/mol. The Labute approximate surface area is 149 Å². The van der Waals surface area contributed by atoms with Crippen molar-refractivity contribution in [2.45, 2.75) is 27.2 Å². The van der Waals surface area contributed by atoms with Crippen LogP contribution in [0.1, 0.15) is 33.5 Å². The number of aryl methyl sites for hydroxylation is 3. The van der Waals surface area contributed by atoms with Crippen molar-refractivity contribution in [3.8, 4) is 0 Å². The zero-order valence-electron chi connectivity index (χ0n) is 15.7. The number of aromatic nitrogens is 2. The van der Waals surface area contributed by atoms with Gasteiger partial charge in [-0.1, -0.05) is 17.7 Å². The molecule has 0 radical (unpaired) electrons. The third kappa shape index (κ3) is 5.53. The minimum absolute atomic E-state index is 0.200. The molecule has 0 saturated carbocycles. The van der Waals surface area contributed by atoms with Gasteiger partial charge in [-0.3, -0.25) is 4.79 Å². The molecule has 134 valence electrons. The van der Waals surface area contributed by atoms with Crippen LogP contribution in [0.25, 0.3) is 0 Å². The number of rotatable bonds is 7. The molecule has 25 heavy (non-hydrogen) atoms. The highest BCUT2D eigenvalue weighted by atomic mass is 16.1. The van der Waals surface area contributed by atoms with Gasteiger partial charge >= 0.3 is 0 Å². The Morgan fingerprint density at radius 3 is 2.24 bits per heavy atom. The van der Waals surface area contributed by atoms with Crippen molar-refractivity contribution in [2.24, 2.45) is 0 Å². The number of hydrogen-bond acceptors (Lipinski definition) is 5. The summed E-state index contributed by atoms with van der Waals surface area (Å²) in [6.45, 7) is 7.83. The molecule has 0 atom stereocenters. The van der Waals surface area contributed by atoms with Crippen molar-refractivity contribution >= 4 is 17.5 Å². The first-order valence-electron chi connectivity index (χ1n) is 8.46. The number of nitrogens with zero attached hydrogens (tertiary/aromatic N) is 3. The molecule has 6 heteroatoms. The molecular formula is C19H27N5O. The highest BCUT2D eigenvalue weighted by molar-refractivity contribution is 6.04. The average Bonchev–Trinajstić information content (AvgIpc) is 2.55. The second kappa shape index (κ2) is 8.58. The average molecular weight is 341 g/mol. The van der Waals surface area contributed by atoms with E-state index in [1.807, 2.05) is 34.9 Å². The smallest absolute Gasteiger partial charge is 0.258 e. The molecule has 0 fully saturated rings. The molecule has 0 aliphatic rings. The van der Waals surface area contributed by atoms with Crippen molar-refractivity contribution in [3.63, 3.8) is 0 Å². The van der Waals surface area contributed by atoms with Crippen LogP contribution in [-0.2, 0) is 0 Å². The summed E-state index contributed by atoms with van der Waals surface area (Å²) < 4.78 is 0. The van der Waals surface area contributed by atoms with E-state index >= 15 is 0 Å². The quantitative estimate of drug-likeness (QED) is 0.758. The number of carbonyl (C=O) groups excluding carboxylic acids is 1. The molecule has 0 spiro atoms. The minimum Gasteiger partial charge on any atom is -0.354 e. The highest BCUT2D eigenvalue weighted by Crippen LogP contribution is 2.22. The zero-order valence-corrected chi connectivity index (χ0v) is 15.7. The molecule has 2 N–H and O–H groups in total. The van der Waals surface area contributed by atoms with Crippen molar-refractivity contribution in [3.05, 3.63) is 46.8 Å². The van der Waals surface area contributed by atoms with Gasteiger partial charge in [0.15, 0.2) is 0 Å². The van der Waals surface area contributed by atoms with E-state index in [4.69, 9.17) is 0 Å². The number of amides is 1. The fourth-order valence-electron chi connectivity index (χ4n) is 2.69. The number of anilines is 2. The summed E-state index contributed by atoms with van der Waals surface area (Å²) in [6, 6.07) is 4.11. The lowest BCUT2D eigenvalue weighted by atomic mass is 10.0. The van der Waals surface area contributed by atoms with Gasteiger partial charge in [0.1, 0.15) is 0 Å². The van der Waals surface area contributed by atoms with Gasteiger partial charge in [0.25, 0.3) is 5.91 Å². The van der Waals surface area contributed by atoms with Gasteiger partial charge < -0.3 is 15.5 Å². The van der Waals surface area contributed by atoms with Crippen LogP contribution in [-0.4, -0.2) is 48.0 Å². The van der Waals surface area contributed by atoms with Crippen molar-refractivity contribution in [1.82, 2.24) is 14.9 Å².